The zero-order chi connectivity index (χ0) is 17.3. The lowest BCUT2D eigenvalue weighted by molar-refractivity contribution is -0.274. The van der Waals surface area contributed by atoms with Gasteiger partial charge in [0.25, 0.3) is 0 Å². The van der Waals surface area contributed by atoms with Gasteiger partial charge in [0.15, 0.2) is 0 Å². The number of benzene rings is 2. The molecule has 0 aliphatic carbocycles. The standard InChI is InChI=1S/C16H11ClF3N3O/c17-11-3-5-12(6-4-11)23-15(21)9-14(22-23)10-1-7-13(8-2-10)24-16(18,19)20/h1-9H,21H2. The molecule has 3 rings (SSSR count). The van der Waals surface area contributed by atoms with Gasteiger partial charge in [-0.15, -0.1) is 13.2 Å². The van der Waals surface area contributed by atoms with Crippen LogP contribution in [-0.4, -0.2) is 16.1 Å². The second-order valence-corrected chi connectivity index (χ2v) is 5.35. The van der Waals surface area contributed by atoms with Crippen LogP contribution in [0.5, 0.6) is 5.75 Å². The lowest BCUT2D eigenvalue weighted by atomic mass is 10.1. The van der Waals surface area contributed by atoms with Gasteiger partial charge in [-0.05, 0) is 48.5 Å². The molecule has 8 heteroatoms. The molecule has 0 saturated carbocycles. The summed E-state index contributed by atoms with van der Waals surface area (Å²) in [7, 11) is 0. The molecular weight excluding hydrogens is 343 g/mol. The van der Waals surface area contributed by atoms with Crippen molar-refractivity contribution in [3.05, 3.63) is 59.6 Å². The van der Waals surface area contributed by atoms with Crippen LogP contribution in [0.25, 0.3) is 16.9 Å². The summed E-state index contributed by atoms with van der Waals surface area (Å²) in [5.41, 5.74) is 7.82. The van der Waals surface area contributed by atoms with Crippen molar-refractivity contribution in [3.63, 3.8) is 0 Å². The number of nitrogens with zero attached hydrogens (tertiary/aromatic N) is 2. The van der Waals surface area contributed by atoms with E-state index >= 15 is 0 Å². The number of ether oxygens (including phenoxy) is 1. The van der Waals surface area contributed by atoms with Crippen LogP contribution < -0.4 is 10.5 Å². The smallest absolute Gasteiger partial charge is 0.406 e. The maximum absolute atomic E-state index is 12.2. The summed E-state index contributed by atoms with van der Waals surface area (Å²) in [6.07, 6.45) is -4.72. The Labute approximate surface area is 140 Å². The first kappa shape index (κ1) is 16.2. The second kappa shape index (κ2) is 6.09. The number of alkyl halides is 3. The monoisotopic (exact) mass is 353 g/mol. The van der Waals surface area contributed by atoms with Gasteiger partial charge < -0.3 is 10.5 Å². The number of nitrogens with two attached hydrogens (primary N) is 1. The number of aromatic nitrogens is 2. The van der Waals surface area contributed by atoms with E-state index in [1.165, 1.54) is 28.9 Å². The van der Waals surface area contributed by atoms with Crippen LogP contribution >= 0.6 is 11.6 Å². The molecule has 0 atom stereocenters. The number of halogens is 4. The summed E-state index contributed by atoms with van der Waals surface area (Å²) >= 11 is 5.85. The van der Waals surface area contributed by atoms with Crippen LogP contribution in [-0.2, 0) is 0 Å². The highest BCUT2D eigenvalue weighted by Crippen LogP contribution is 2.27. The molecule has 2 N–H and O–H groups in total. The van der Waals surface area contributed by atoms with Gasteiger partial charge in [-0.2, -0.15) is 5.10 Å². The van der Waals surface area contributed by atoms with E-state index in [4.69, 9.17) is 17.3 Å². The molecule has 0 aliphatic rings. The van der Waals surface area contributed by atoms with Crippen molar-refractivity contribution in [1.29, 1.82) is 0 Å². The molecule has 2 aromatic carbocycles. The van der Waals surface area contributed by atoms with E-state index in [2.05, 4.69) is 9.84 Å². The van der Waals surface area contributed by atoms with Crippen molar-refractivity contribution in [2.24, 2.45) is 0 Å². The summed E-state index contributed by atoms with van der Waals surface area (Å²) in [5, 5.41) is 4.96. The van der Waals surface area contributed by atoms with Gasteiger partial charge in [0, 0.05) is 16.7 Å². The van der Waals surface area contributed by atoms with E-state index in [0.29, 0.717) is 22.1 Å². The Balaban J connectivity index is 1.88. The van der Waals surface area contributed by atoms with E-state index in [1.54, 1.807) is 30.3 Å². The first-order valence-electron chi connectivity index (χ1n) is 6.79. The van der Waals surface area contributed by atoms with Gasteiger partial charge in [0.1, 0.15) is 11.6 Å². The van der Waals surface area contributed by atoms with Crippen LogP contribution in [0.3, 0.4) is 0 Å². The molecule has 0 radical (unpaired) electrons. The Kier molecular flexibility index (Phi) is 4.11. The molecule has 1 aromatic heterocycles. The van der Waals surface area contributed by atoms with Gasteiger partial charge in [-0.1, -0.05) is 11.6 Å². The number of hydrogen-bond acceptors (Lipinski definition) is 3. The molecule has 1 heterocycles. The second-order valence-electron chi connectivity index (χ2n) is 4.91. The van der Waals surface area contributed by atoms with E-state index in [0.717, 1.165) is 5.69 Å². The predicted octanol–water partition coefficient (Wildman–Crippen LogP) is 4.67. The van der Waals surface area contributed by atoms with Crippen LogP contribution in [0.1, 0.15) is 0 Å². The molecule has 24 heavy (non-hydrogen) atoms. The number of hydrogen-bond donors (Lipinski definition) is 1. The van der Waals surface area contributed by atoms with E-state index in [9.17, 15) is 13.2 Å². The van der Waals surface area contributed by atoms with Gasteiger partial charge in [-0.3, -0.25) is 0 Å². The summed E-state index contributed by atoms with van der Waals surface area (Å²) < 4.78 is 41.9. The lowest BCUT2D eigenvalue weighted by Crippen LogP contribution is -2.16. The van der Waals surface area contributed by atoms with Gasteiger partial charge in [-0.25, -0.2) is 4.68 Å². The highest BCUT2D eigenvalue weighted by atomic mass is 35.5. The van der Waals surface area contributed by atoms with E-state index in [1.807, 2.05) is 0 Å². The zero-order valence-electron chi connectivity index (χ0n) is 12.1. The molecule has 0 fully saturated rings. The van der Waals surface area contributed by atoms with Gasteiger partial charge in [0.05, 0.1) is 11.4 Å². The van der Waals surface area contributed by atoms with Crippen LogP contribution in [0.4, 0.5) is 19.0 Å². The fourth-order valence-electron chi connectivity index (χ4n) is 2.15. The quantitative estimate of drug-likeness (QED) is 0.744. The third kappa shape index (κ3) is 3.62. The summed E-state index contributed by atoms with van der Waals surface area (Å²) in [4.78, 5) is 0. The third-order valence-corrected chi connectivity index (χ3v) is 3.44. The topological polar surface area (TPSA) is 53.1 Å². The van der Waals surface area contributed by atoms with Crippen LogP contribution in [0.15, 0.2) is 54.6 Å². The van der Waals surface area contributed by atoms with Gasteiger partial charge in [0.2, 0.25) is 0 Å². The number of rotatable bonds is 3. The molecular formula is C16H11ClF3N3O. The Bertz CT molecular complexity index is 842. The molecule has 124 valence electrons. The van der Waals surface area contributed by atoms with Crippen molar-refractivity contribution in [3.8, 4) is 22.7 Å². The van der Waals surface area contributed by atoms with Crippen LogP contribution in [0.2, 0.25) is 5.02 Å². The zero-order valence-corrected chi connectivity index (χ0v) is 12.8. The Hall–Kier alpha value is -2.67. The molecule has 0 aliphatic heterocycles. The van der Waals surface area contributed by atoms with Crippen molar-refractivity contribution >= 4 is 17.4 Å². The van der Waals surface area contributed by atoms with Crippen molar-refractivity contribution in [2.45, 2.75) is 6.36 Å². The Morgan fingerprint density at radius 1 is 1.00 bits per heavy atom. The molecule has 0 bridgehead atoms. The predicted molar refractivity (Wildman–Crippen MR) is 85.1 cm³/mol. The minimum absolute atomic E-state index is 0.295. The van der Waals surface area contributed by atoms with E-state index in [-0.39, 0.29) is 5.75 Å². The first-order valence-corrected chi connectivity index (χ1v) is 7.17. The van der Waals surface area contributed by atoms with Crippen molar-refractivity contribution < 1.29 is 17.9 Å². The minimum atomic E-state index is -4.72. The fourth-order valence-corrected chi connectivity index (χ4v) is 2.28. The average Bonchev–Trinajstić information content (AvgIpc) is 2.89. The van der Waals surface area contributed by atoms with Gasteiger partial charge >= 0.3 is 6.36 Å². The highest BCUT2D eigenvalue weighted by Gasteiger charge is 2.31. The molecule has 4 nitrogen and oxygen atoms in total. The normalized spacial score (nSPS) is 11.5. The van der Waals surface area contributed by atoms with Crippen LogP contribution in [0, 0.1) is 0 Å². The highest BCUT2D eigenvalue weighted by molar-refractivity contribution is 6.30. The summed E-state index contributed by atoms with van der Waals surface area (Å²) in [5.74, 6) is 0.0966. The van der Waals surface area contributed by atoms with Crippen molar-refractivity contribution in [1.82, 2.24) is 9.78 Å². The molecule has 3 aromatic rings. The number of anilines is 1. The molecule has 0 spiro atoms. The SMILES string of the molecule is Nc1cc(-c2ccc(OC(F)(F)F)cc2)nn1-c1ccc(Cl)cc1. The molecule has 0 saturated heterocycles. The molecule has 0 unspecified atom stereocenters. The molecule has 0 amide bonds. The minimum Gasteiger partial charge on any atom is -0.406 e. The first-order chi connectivity index (χ1) is 11.3. The summed E-state index contributed by atoms with van der Waals surface area (Å²) in [6.45, 7) is 0. The largest absolute Gasteiger partial charge is 0.573 e. The summed E-state index contributed by atoms with van der Waals surface area (Å²) in [6, 6.07) is 14.0. The van der Waals surface area contributed by atoms with E-state index < -0.39 is 6.36 Å². The third-order valence-electron chi connectivity index (χ3n) is 3.19. The Morgan fingerprint density at radius 2 is 1.62 bits per heavy atom. The maximum atomic E-state index is 12.2. The lowest BCUT2D eigenvalue weighted by Gasteiger charge is -2.08. The maximum Gasteiger partial charge on any atom is 0.573 e. The average molecular weight is 354 g/mol. The fraction of sp³-hybridized carbons (Fsp3) is 0.0625. The Morgan fingerprint density at radius 3 is 2.21 bits per heavy atom. The van der Waals surface area contributed by atoms with Crippen molar-refractivity contribution in [2.75, 3.05) is 5.73 Å². The number of nitrogen functional groups attached to an aromatic ring is 1.